The minimum atomic E-state index is -1.36. The predicted octanol–water partition coefficient (Wildman–Crippen LogP) is 4.75. The van der Waals surface area contributed by atoms with Gasteiger partial charge in [0.2, 0.25) is 0 Å². The number of nitrogens with zero attached hydrogens (tertiary/aromatic N) is 1. The molecule has 0 aromatic heterocycles. The molecule has 0 spiro atoms. The molecule has 0 bridgehead atoms. The monoisotopic (exact) mass is 375 g/mol. The molecule has 0 saturated heterocycles. The number of aliphatic hydroxyl groups excluding tert-OH is 1. The maximum absolute atomic E-state index is 10.2. The van der Waals surface area contributed by atoms with Crippen LogP contribution in [0.5, 0.6) is 0 Å². The molecule has 6 nitrogen and oxygen atoms in total. The van der Waals surface area contributed by atoms with E-state index in [0.717, 1.165) is 24.7 Å². The number of hydrogen-bond acceptors (Lipinski definition) is 5. The van der Waals surface area contributed by atoms with E-state index in [1.54, 1.807) is 0 Å². The number of rotatable bonds is 16. The van der Waals surface area contributed by atoms with Crippen LogP contribution in [0.3, 0.4) is 0 Å². The van der Waals surface area contributed by atoms with Crippen molar-refractivity contribution in [1.82, 2.24) is 0 Å². The molecular formula is C20H41NO5. The molecule has 0 amide bonds. The molecule has 4 unspecified atom stereocenters. The number of aliphatic hydroxyl groups is 2. The molecule has 6 heteroatoms. The summed E-state index contributed by atoms with van der Waals surface area (Å²) in [4.78, 5) is 14.3. The van der Waals surface area contributed by atoms with Crippen LogP contribution in [0.25, 0.3) is 0 Å². The van der Waals surface area contributed by atoms with Crippen LogP contribution in [-0.2, 0) is 4.84 Å². The Morgan fingerprint density at radius 3 is 1.88 bits per heavy atom. The SMILES string of the molecule is CC(C)CCCC(C)CCCC(C)CCCC(C)(O)C(O)CO[N+](=O)[O-]. The van der Waals surface area contributed by atoms with Crippen molar-refractivity contribution in [2.24, 2.45) is 17.8 Å². The summed E-state index contributed by atoms with van der Waals surface area (Å²) in [6.07, 6.45) is 8.58. The molecule has 0 rings (SSSR count). The van der Waals surface area contributed by atoms with Gasteiger partial charge in [0.05, 0.1) is 5.60 Å². The highest BCUT2D eigenvalue weighted by molar-refractivity contribution is 4.81. The largest absolute Gasteiger partial charge is 0.388 e. The summed E-state index contributed by atoms with van der Waals surface area (Å²) >= 11 is 0. The zero-order chi connectivity index (χ0) is 20.2. The van der Waals surface area contributed by atoms with E-state index in [0.29, 0.717) is 12.3 Å². The van der Waals surface area contributed by atoms with Crippen LogP contribution in [-0.4, -0.2) is 33.6 Å². The lowest BCUT2D eigenvalue weighted by Gasteiger charge is -2.28. The van der Waals surface area contributed by atoms with Gasteiger partial charge in [0.1, 0.15) is 12.7 Å². The smallest absolute Gasteiger partial charge is 0.294 e. The van der Waals surface area contributed by atoms with E-state index in [1.807, 2.05) is 0 Å². The zero-order valence-corrected chi connectivity index (χ0v) is 17.4. The van der Waals surface area contributed by atoms with Crippen LogP contribution in [0.4, 0.5) is 0 Å². The van der Waals surface area contributed by atoms with Gasteiger partial charge in [-0.25, -0.2) is 0 Å². The van der Waals surface area contributed by atoms with E-state index in [4.69, 9.17) is 0 Å². The molecule has 4 atom stereocenters. The second-order valence-electron chi connectivity index (χ2n) is 8.75. The molecule has 0 saturated carbocycles. The Kier molecular flexibility index (Phi) is 12.9. The van der Waals surface area contributed by atoms with Gasteiger partial charge in [-0.3, -0.25) is 0 Å². The second kappa shape index (κ2) is 13.3. The lowest BCUT2D eigenvalue weighted by Crippen LogP contribution is -2.42. The van der Waals surface area contributed by atoms with Crippen molar-refractivity contribution < 1.29 is 20.1 Å². The Bertz CT molecular complexity index is 373. The van der Waals surface area contributed by atoms with E-state index in [1.165, 1.54) is 45.4 Å². The molecule has 0 fully saturated rings. The van der Waals surface area contributed by atoms with Crippen LogP contribution in [0.2, 0.25) is 0 Å². The molecule has 0 aliphatic carbocycles. The van der Waals surface area contributed by atoms with Gasteiger partial charge in [-0.1, -0.05) is 79.1 Å². The Balaban J connectivity index is 3.84. The summed E-state index contributed by atoms with van der Waals surface area (Å²) in [5.74, 6) is 2.17. The normalized spacial score (nSPS) is 17.5. The molecule has 0 aliphatic heterocycles. The third kappa shape index (κ3) is 13.3. The first-order chi connectivity index (χ1) is 12.0. The second-order valence-corrected chi connectivity index (χ2v) is 8.75. The summed E-state index contributed by atoms with van der Waals surface area (Å²) in [5.41, 5.74) is -1.36. The van der Waals surface area contributed by atoms with Crippen LogP contribution in [0, 0.1) is 27.9 Å². The molecule has 0 heterocycles. The molecule has 0 radical (unpaired) electrons. The highest BCUT2D eigenvalue weighted by Crippen LogP contribution is 2.24. The maximum Gasteiger partial charge on any atom is 0.294 e. The van der Waals surface area contributed by atoms with E-state index >= 15 is 0 Å². The third-order valence-corrected chi connectivity index (χ3v) is 5.31. The molecular weight excluding hydrogens is 334 g/mol. The van der Waals surface area contributed by atoms with Crippen molar-refractivity contribution in [2.45, 2.75) is 104 Å². The number of hydrogen-bond donors (Lipinski definition) is 2. The van der Waals surface area contributed by atoms with Gasteiger partial charge in [-0.2, -0.15) is 0 Å². The van der Waals surface area contributed by atoms with Crippen LogP contribution in [0.15, 0.2) is 0 Å². The average Bonchev–Trinajstić information content (AvgIpc) is 2.51. The Hall–Kier alpha value is -0.880. The third-order valence-electron chi connectivity index (χ3n) is 5.31. The van der Waals surface area contributed by atoms with Gasteiger partial charge < -0.3 is 15.1 Å². The zero-order valence-electron chi connectivity index (χ0n) is 17.4. The quantitative estimate of drug-likeness (QED) is 0.300. The van der Waals surface area contributed by atoms with Gasteiger partial charge in [0.15, 0.2) is 0 Å². The lowest BCUT2D eigenvalue weighted by atomic mass is 9.88. The first-order valence-corrected chi connectivity index (χ1v) is 10.2. The molecule has 26 heavy (non-hydrogen) atoms. The highest BCUT2D eigenvalue weighted by Gasteiger charge is 2.30. The summed E-state index contributed by atoms with van der Waals surface area (Å²) in [6.45, 7) is 10.1. The maximum atomic E-state index is 10.2. The minimum Gasteiger partial charge on any atom is -0.388 e. The first-order valence-electron chi connectivity index (χ1n) is 10.2. The Morgan fingerprint density at radius 1 is 0.962 bits per heavy atom. The van der Waals surface area contributed by atoms with Crippen molar-refractivity contribution in [1.29, 1.82) is 0 Å². The standard InChI is InChI=1S/C20H41NO5/c1-16(2)9-6-10-17(3)11-7-12-18(4)13-8-14-20(5,23)19(22)15-26-21(24)25/h16-19,22-23H,6-15H2,1-5H3. The van der Waals surface area contributed by atoms with Gasteiger partial charge >= 0.3 is 0 Å². The van der Waals surface area contributed by atoms with Gasteiger partial charge in [-0.15, -0.1) is 10.1 Å². The summed E-state index contributed by atoms with van der Waals surface area (Å²) in [6, 6.07) is 0. The van der Waals surface area contributed by atoms with Crippen molar-refractivity contribution in [3.05, 3.63) is 10.1 Å². The van der Waals surface area contributed by atoms with E-state index in [9.17, 15) is 20.3 Å². The summed E-state index contributed by atoms with van der Waals surface area (Å²) < 4.78 is 0. The highest BCUT2D eigenvalue weighted by atomic mass is 17.0. The van der Waals surface area contributed by atoms with Gasteiger partial charge in [0.25, 0.3) is 5.09 Å². The van der Waals surface area contributed by atoms with Crippen molar-refractivity contribution in [2.75, 3.05) is 6.61 Å². The van der Waals surface area contributed by atoms with E-state index in [-0.39, 0.29) is 0 Å². The molecule has 0 aromatic rings. The minimum absolute atomic E-state index is 0.408. The van der Waals surface area contributed by atoms with Crippen LogP contribution < -0.4 is 0 Å². The Morgan fingerprint density at radius 2 is 1.42 bits per heavy atom. The van der Waals surface area contributed by atoms with E-state index < -0.39 is 23.4 Å². The summed E-state index contributed by atoms with van der Waals surface area (Å²) in [7, 11) is 0. The molecule has 156 valence electrons. The molecule has 0 aliphatic rings. The fourth-order valence-corrected chi connectivity index (χ4v) is 3.26. The fraction of sp³-hybridized carbons (Fsp3) is 1.00. The Labute approximate surface area is 159 Å². The van der Waals surface area contributed by atoms with Gasteiger partial charge in [0, 0.05) is 0 Å². The van der Waals surface area contributed by atoms with Crippen molar-refractivity contribution in [3.63, 3.8) is 0 Å². The predicted molar refractivity (Wildman–Crippen MR) is 104 cm³/mol. The van der Waals surface area contributed by atoms with Crippen LogP contribution >= 0.6 is 0 Å². The first kappa shape index (κ1) is 25.1. The van der Waals surface area contributed by atoms with Crippen molar-refractivity contribution in [3.8, 4) is 0 Å². The van der Waals surface area contributed by atoms with Crippen LogP contribution in [0.1, 0.15) is 92.4 Å². The molecule has 2 N–H and O–H groups in total. The molecule has 0 aromatic carbocycles. The summed E-state index contributed by atoms with van der Waals surface area (Å²) in [5, 5.41) is 29.3. The van der Waals surface area contributed by atoms with E-state index in [2.05, 4.69) is 32.5 Å². The average molecular weight is 376 g/mol. The van der Waals surface area contributed by atoms with Crippen molar-refractivity contribution >= 4 is 0 Å². The van der Waals surface area contributed by atoms with Gasteiger partial charge in [-0.05, 0) is 31.1 Å². The lowest BCUT2D eigenvalue weighted by molar-refractivity contribution is -0.759. The topological polar surface area (TPSA) is 92.8 Å². The fourth-order valence-electron chi connectivity index (χ4n) is 3.26.